The molecule has 3 aromatic rings. The molecule has 0 unspecified atom stereocenters. The van der Waals surface area contributed by atoms with Gasteiger partial charge in [-0.3, -0.25) is 4.79 Å². The number of carbonyl (C=O) groups excluding carboxylic acids is 1. The van der Waals surface area contributed by atoms with Gasteiger partial charge >= 0.3 is 0 Å². The molecule has 5 rings (SSSR count). The van der Waals surface area contributed by atoms with Gasteiger partial charge in [0.15, 0.2) is 11.5 Å². The van der Waals surface area contributed by atoms with Gasteiger partial charge in [0.1, 0.15) is 29.7 Å². The van der Waals surface area contributed by atoms with Gasteiger partial charge in [-0.2, -0.15) is 0 Å². The molecular weight excluding hydrogens is 416 g/mol. The minimum Gasteiger partial charge on any atom is -0.486 e. The standard InChI is InChI=1S/C22H24N4O4S/c1-13-18-20(23-10-15-11-29-16-4-2-3-5-17(16)30-15)24-12-25-21(18)31-19(13)22(28)26-8-6-14(27)7-9-26/h2-5,12,14-15,27H,6-11H2,1H3,(H,23,24,25)/t15-/m1/s1. The molecule has 2 aromatic heterocycles. The number of carbonyl (C=O) groups is 1. The second-order valence-electron chi connectivity index (χ2n) is 7.86. The molecule has 4 heterocycles. The summed E-state index contributed by atoms with van der Waals surface area (Å²) in [4.78, 5) is 25.2. The molecule has 0 spiro atoms. The number of aryl methyl sites for hydroxylation is 1. The van der Waals surface area contributed by atoms with E-state index in [1.807, 2.05) is 36.1 Å². The van der Waals surface area contributed by atoms with Crippen molar-refractivity contribution in [2.24, 2.45) is 0 Å². The number of aliphatic hydroxyl groups is 1. The van der Waals surface area contributed by atoms with Crippen LogP contribution in [0.2, 0.25) is 0 Å². The third kappa shape index (κ3) is 3.90. The van der Waals surface area contributed by atoms with E-state index in [0.29, 0.717) is 49.8 Å². The molecule has 0 radical (unpaired) electrons. The Morgan fingerprint density at radius 2 is 2.03 bits per heavy atom. The molecule has 1 amide bonds. The van der Waals surface area contributed by atoms with E-state index in [1.165, 1.54) is 17.7 Å². The van der Waals surface area contributed by atoms with Crippen LogP contribution in [0, 0.1) is 6.92 Å². The van der Waals surface area contributed by atoms with Gasteiger partial charge in [0.05, 0.1) is 22.9 Å². The summed E-state index contributed by atoms with van der Waals surface area (Å²) in [5.74, 6) is 2.18. The number of ether oxygens (including phenoxy) is 2. The van der Waals surface area contributed by atoms with Gasteiger partial charge in [0.2, 0.25) is 0 Å². The van der Waals surface area contributed by atoms with Crippen LogP contribution >= 0.6 is 11.3 Å². The third-order valence-corrected chi connectivity index (χ3v) is 6.93. The molecule has 0 bridgehead atoms. The summed E-state index contributed by atoms with van der Waals surface area (Å²) in [6, 6.07) is 7.62. The molecule has 2 N–H and O–H groups in total. The molecule has 2 aliphatic heterocycles. The van der Waals surface area contributed by atoms with Crippen molar-refractivity contribution in [3.8, 4) is 11.5 Å². The maximum absolute atomic E-state index is 13.1. The number of para-hydroxylation sites is 2. The zero-order valence-electron chi connectivity index (χ0n) is 17.2. The number of piperidine rings is 1. The summed E-state index contributed by atoms with van der Waals surface area (Å²) in [7, 11) is 0. The van der Waals surface area contributed by atoms with Gasteiger partial charge in [-0.05, 0) is 37.5 Å². The molecule has 1 aromatic carbocycles. The van der Waals surface area contributed by atoms with E-state index in [-0.39, 0.29) is 18.1 Å². The Morgan fingerprint density at radius 1 is 1.26 bits per heavy atom. The quantitative estimate of drug-likeness (QED) is 0.644. The van der Waals surface area contributed by atoms with Crippen LogP contribution in [0.3, 0.4) is 0 Å². The molecule has 1 atom stereocenters. The highest BCUT2D eigenvalue weighted by Gasteiger charge is 2.27. The first kappa shape index (κ1) is 20.0. The van der Waals surface area contributed by atoms with E-state index in [1.54, 1.807) is 0 Å². The molecule has 31 heavy (non-hydrogen) atoms. The number of benzene rings is 1. The predicted octanol–water partition coefficient (Wildman–Crippen LogP) is 2.85. The van der Waals surface area contributed by atoms with Crippen molar-refractivity contribution in [1.29, 1.82) is 0 Å². The van der Waals surface area contributed by atoms with E-state index in [4.69, 9.17) is 9.47 Å². The number of hydrogen-bond donors (Lipinski definition) is 2. The van der Waals surface area contributed by atoms with Crippen LogP contribution in [0.5, 0.6) is 11.5 Å². The summed E-state index contributed by atoms with van der Waals surface area (Å²) < 4.78 is 11.8. The van der Waals surface area contributed by atoms with Crippen LogP contribution in [0.25, 0.3) is 10.2 Å². The summed E-state index contributed by atoms with van der Waals surface area (Å²) in [5.41, 5.74) is 0.880. The largest absolute Gasteiger partial charge is 0.486 e. The first-order valence-electron chi connectivity index (χ1n) is 10.4. The van der Waals surface area contributed by atoms with Gasteiger partial charge in [-0.1, -0.05) is 12.1 Å². The van der Waals surface area contributed by atoms with E-state index in [0.717, 1.165) is 27.3 Å². The van der Waals surface area contributed by atoms with Gasteiger partial charge in [-0.15, -0.1) is 11.3 Å². The fourth-order valence-corrected chi connectivity index (χ4v) is 5.11. The Kier molecular flexibility index (Phi) is 5.37. The van der Waals surface area contributed by atoms with Crippen LogP contribution in [0.15, 0.2) is 30.6 Å². The van der Waals surface area contributed by atoms with Crippen LogP contribution in [0.1, 0.15) is 28.1 Å². The lowest BCUT2D eigenvalue weighted by Gasteiger charge is -2.29. The fourth-order valence-electron chi connectivity index (χ4n) is 4.00. The van der Waals surface area contributed by atoms with Crippen LogP contribution in [-0.4, -0.2) is 64.3 Å². The topological polar surface area (TPSA) is 96.8 Å². The fraction of sp³-hybridized carbons (Fsp3) is 0.409. The Labute approximate surface area is 183 Å². The van der Waals surface area contributed by atoms with E-state index in [9.17, 15) is 9.90 Å². The van der Waals surface area contributed by atoms with Gasteiger partial charge < -0.3 is 24.8 Å². The van der Waals surface area contributed by atoms with Crippen molar-refractivity contribution >= 4 is 33.3 Å². The second-order valence-corrected chi connectivity index (χ2v) is 8.86. The summed E-state index contributed by atoms with van der Waals surface area (Å²) in [6.45, 7) is 4.06. The minimum atomic E-state index is -0.313. The van der Waals surface area contributed by atoms with Crippen molar-refractivity contribution in [2.75, 3.05) is 31.6 Å². The zero-order chi connectivity index (χ0) is 21.4. The number of hydrogen-bond acceptors (Lipinski definition) is 8. The molecule has 162 valence electrons. The number of nitrogens with one attached hydrogen (secondary N) is 1. The number of aliphatic hydroxyl groups excluding tert-OH is 1. The maximum atomic E-state index is 13.1. The molecule has 0 aliphatic carbocycles. The predicted molar refractivity (Wildman–Crippen MR) is 118 cm³/mol. The number of thiophene rings is 1. The first-order chi connectivity index (χ1) is 15.1. The second kappa shape index (κ2) is 8.32. The molecule has 0 saturated carbocycles. The number of nitrogens with zero attached hydrogens (tertiary/aromatic N) is 3. The lowest BCUT2D eigenvalue weighted by Crippen LogP contribution is -2.39. The first-order valence-corrected chi connectivity index (χ1v) is 11.3. The van der Waals surface area contributed by atoms with E-state index in [2.05, 4.69) is 15.3 Å². The van der Waals surface area contributed by atoms with E-state index >= 15 is 0 Å². The average Bonchev–Trinajstić information content (AvgIpc) is 3.14. The summed E-state index contributed by atoms with van der Waals surface area (Å²) in [6.07, 6.45) is 2.29. The van der Waals surface area contributed by atoms with Crippen LogP contribution < -0.4 is 14.8 Å². The lowest BCUT2D eigenvalue weighted by molar-refractivity contribution is 0.0550. The summed E-state index contributed by atoms with van der Waals surface area (Å²) >= 11 is 1.39. The van der Waals surface area contributed by atoms with Crippen molar-refractivity contribution in [2.45, 2.75) is 32.0 Å². The average molecular weight is 441 g/mol. The Hall–Kier alpha value is -2.91. The monoisotopic (exact) mass is 440 g/mol. The lowest BCUT2D eigenvalue weighted by atomic mass is 10.1. The van der Waals surface area contributed by atoms with Crippen LogP contribution in [-0.2, 0) is 0 Å². The third-order valence-electron chi connectivity index (χ3n) is 5.74. The van der Waals surface area contributed by atoms with Gasteiger partial charge in [-0.25, -0.2) is 9.97 Å². The number of rotatable bonds is 4. The van der Waals surface area contributed by atoms with E-state index < -0.39 is 0 Å². The number of amides is 1. The number of aromatic nitrogens is 2. The van der Waals surface area contributed by atoms with Crippen molar-refractivity contribution < 1.29 is 19.4 Å². The Balaban J connectivity index is 1.34. The summed E-state index contributed by atoms with van der Waals surface area (Å²) in [5, 5.41) is 13.9. The van der Waals surface area contributed by atoms with Crippen LogP contribution in [0.4, 0.5) is 5.82 Å². The molecule has 1 fully saturated rings. The molecule has 9 heteroatoms. The van der Waals surface area contributed by atoms with Gasteiger partial charge in [0, 0.05) is 13.1 Å². The molecule has 2 aliphatic rings. The number of anilines is 1. The maximum Gasteiger partial charge on any atom is 0.264 e. The number of likely N-dealkylation sites (tertiary alicyclic amines) is 1. The van der Waals surface area contributed by atoms with Crippen molar-refractivity contribution in [3.63, 3.8) is 0 Å². The number of fused-ring (bicyclic) bond motifs is 2. The molecular formula is C22H24N4O4S. The highest BCUT2D eigenvalue weighted by atomic mass is 32.1. The Morgan fingerprint density at radius 3 is 2.84 bits per heavy atom. The highest BCUT2D eigenvalue weighted by Crippen LogP contribution is 2.35. The Bertz CT molecular complexity index is 1110. The van der Waals surface area contributed by atoms with Gasteiger partial charge in [0.25, 0.3) is 5.91 Å². The van der Waals surface area contributed by atoms with Crippen molar-refractivity contribution in [3.05, 3.63) is 41.0 Å². The minimum absolute atomic E-state index is 0.000953. The smallest absolute Gasteiger partial charge is 0.264 e. The highest BCUT2D eigenvalue weighted by molar-refractivity contribution is 7.20. The SMILES string of the molecule is Cc1c(C(=O)N2CCC(O)CC2)sc2ncnc(NC[C@@H]3COc4ccccc4O3)c12. The normalized spacial score (nSPS) is 18.9. The molecule has 8 nitrogen and oxygen atoms in total. The zero-order valence-corrected chi connectivity index (χ0v) is 18.0. The molecule has 1 saturated heterocycles. The van der Waals surface area contributed by atoms with Crippen molar-refractivity contribution in [1.82, 2.24) is 14.9 Å².